The van der Waals surface area contributed by atoms with Crippen LogP contribution in [-0.4, -0.2) is 47.0 Å². The molecule has 2 unspecified atom stereocenters. The normalized spacial score (nSPS) is 26.2. The number of nitrogens with zero attached hydrogens (tertiary/aromatic N) is 1. The molecule has 0 aromatic heterocycles. The Morgan fingerprint density at radius 1 is 1.00 bits per heavy atom. The molecule has 2 aliphatic rings. The number of aliphatic hydroxyl groups is 1. The monoisotopic (exact) mass is 411 g/mol. The highest BCUT2D eigenvalue weighted by atomic mass is 16.6. The maximum Gasteiger partial charge on any atom is 0.410 e. The van der Waals surface area contributed by atoms with Crippen LogP contribution in [-0.2, 0) is 15.1 Å². The van der Waals surface area contributed by atoms with E-state index < -0.39 is 11.2 Å². The lowest BCUT2D eigenvalue weighted by atomic mass is 9.77. The summed E-state index contributed by atoms with van der Waals surface area (Å²) in [5.74, 6) is 1.48. The molecule has 30 heavy (non-hydrogen) atoms. The lowest BCUT2D eigenvalue weighted by Gasteiger charge is -2.51. The van der Waals surface area contributed by atoms with Gasteiger partial charge in [0.2, 0.25) is 0 Å². The van der Waals surface area contributed by atoms with Gasteiger partial charge in [0, 0.05) is 12.8 Å². The van der Waals surface area contributed by atoms with E-state index in [-0.39, 0.29) is 18.2 Å². The van der Waals surface area contributed by atoms with Crippen molar-refractivity contribution in [2.45, 2.75) is 56.9 Å². The first-order valence-electron chi connectivity index (χ1n) is 10.4. The summed E-state index contributed by atoms with van der Waals surface area (Å²) >= 11 is 0. The van der Waals surface area contributed by atoms with E-state index in [0.717, 1.165) is 11.3 Å². The van der Waals surface area contributed by atoms with Gasteiger partial charge in [0.15, 0.2) is 0 Å². The largest absolute Gasteiger partial charge is 0.457 e. The number of amides is 1. The molecule has 6 heteroatoms. The van der Waals surface area contributed by atoms with Crippen LogP contribution >= 0.6 is 0 Å². The molecule has 0 saturated carbocycles. The number of morpholine rings is 1. The Balaban J connectivity index is 1.49. The van der Waals surface area contributed by atoms with Gasteiger partial charge in [-0.15, -0.1) is 0 Å². The van der Waals surface area contributed by atoms with E-state index in [0.29, 0.717) is 31.8 Å². The highest BCUT2D eigenvalue weighted by molar-refractivity contribution is 5.69. The summed E-state index contributed by atoms with van der Waals surface area (Å²) < 4.78 is 17.1. The number of piperidine rings is 1. The molecule has 0 spiro atoms. The summed E-state index contributed by atoms with van der Waals surface area (Å²) in [6, 6.07) is 16.7. The van der Waals surface area contributed by atoms with E-state index in [4.69, 9.17) is 14.2 Å². The van der Waals surface area contributed by atoms with Crippen molar-refractivity contribution in [3.63, 3.8) is 0 Å². The molecule has 2 bridgehead atoms. The standard InChI is InChI=1S/C24H29NO5/c1-23(2,3)30-22(26)25-18-13-24(27,14-19(25)16-28-15-18)17-9-11-21(12-10-17)29-20-7-5-4-6-8-20/h4-12,18-19,27H,13-16H2,1-3H3. The zero-order valence-corrected chi connectivity index (χ0v) is 17.7. The van der Waals surface area contributed by atoms with Gasteiger partial charge in [-0.3, -0.25) is 4.90 Å². The zero-order valence-electron chi connectivity index (χ0n) is 17.7. The fourth-order valence-electron chi connectivity index (χ4n) is 4.28. The maximum absolute atomic E-state index is 12.7. The van der Waals surface area contributed by atoms with Crippen molar-refractivity contribution in [2.24, 2.45) is 0 Å². The average molecular weight is 411 g/mol. The summed E-state index contributed by atoms with van der Waals surface area (Å²) in [4.78, 5) is 14.5. The maximum atomic E-state index is 12.7. The van der Waals surface area contributed by atoms with Crippen molar-refractivity contribution < 1.29 is 24.1 Å². The Labute approximate surface area is 177 Å². The number of carbonyl (C=O) groups is 1. The second kappa shape index (κ2) is 7.93. The number of fused-ring (bicyclic) bond motifs is 2. The molecule has 2 heterocycles. The van der Waals surface area contributed by atoms with Crippen LogP contribution in [0.1, 0.15) is 39.2 Å². The second-order valence-electron chi connectivity index (χ2n) is 9.11. The predicted octanol–water partition coefficient (Wildman–Crippen LogP) is 4.46. The van der Waals surface area contributed by atoms with Crippen LogP contribution in [0.4, 0.5) is 4.79 Å². The highest BCUT2D eigenvalue weighted by Crippen LogP contribution is 2.42. The highest BCUT2D eigenvalue weighted by Gasteiger charge is 2.49. The van der Waals surface area contributed by atoms with Gasteiger partial charge in [0.05, 0.1) is 30.9 Å². The van der Waals surface area contributed by atoms with E-state index in [2.05, 4.69) is 0 Å². The summed E-state index contributed by atoms with van der Waals surface area (Å²) in [7, 11) is 0. The van der Waals surface area contributed by atoms with Crippen LogP contribution in [0.25, 0.3) is 0 Å². The lowest BCUT2D eigenvalue weighted by molar-refractivity contribution is -0.141. The molecule has 2 aromatic carbocycles. The molecule has 2 fully saturated rings. The Morgan fingerprint density at radius 3 is 2.13 bits per heavy atom. The summed E-state index contributed by atoms with van der Waals surface area (Å²) in [5.41, 5.74) is -0.763. The molecule has 2 atom stereocenters. The number of carbonyl (C=O) groups excluding carboxylic acids is 1. The van der Waals surface area contributed by atoms with Crippen molar-refractivity contribution in [1.29, 1.82) is 0 Å². The fraction of sp³-hybridized carbons (Fsp3) is 0.458. The zero-order chi connectivity index (χ0) is 21.4. The Kier molecular flexibility index (Phi) is 5.47. The Bertz CT molecular complexity index is 861. The van der Waals surface area contributed by atoms with Crippen molar-refractivity contribution >= 4 is 6.09 Å². The minimum Gasteiger partial charge on any atom is -0.457 e. The SMILES string of the molecule is CC(C)(C)OC(=O)N1C2COCC1CC(O)(c1ccc(Oc3ccccc3)cc1)C2. The van der Waals surface area contributed by atoms with E-state index in [1.54, 1.807) is 4.90 Å². The summed E-state index contributed by atoms with van der Waals surface area (Å²) in [6.45, 7) is 6.37. The molecule has 2 aromatic rings. The van der Waals surface area contributed by atoms with Gasteiger partial charge >= 0.3 is 6.09 Å². The van der Waals surface area contributed by atoms with E-state index in [1.165, 1.54) is 0 Å². The molecular formula is C24H29NO5. The first kappa shape index (κ1) is 20.7. The Morgan fingerprint density at radius 2 is 1.57 bits per heavy atom. The number of ether oxygens (including phenoxy) is 3. The summed E-state index contributed by atoms with van der Waals surface area (Å²) in [5, 5.41) is 11.5. The number of rotatable bonds is 3. The molecule has 4 rings (SSSR count). The molecule has 6 nitrogen and oxygen atoms in total. The molecule has 160 valence electrons. The van der Waals surface area contributed by atoms with E-state index in [9.17, 15) is 9.90 Å². The fourth-order valence-corrected chi connectivity index (χ4v) is 4.28. The quantitative estimate of drug-likeness (QED) is 0.807. The lowest BCUT2D eigenvalue weighted by Crippen LogP contribution is -2.63. The average Bonchev–Trinajstić information content (AvgIpc) is 2.67. The van der Waals surface area contributed by atoms with E-state index >= 15 is 0 Å². The van der Waals surface area contributed by atoms with Crippen LogP contribution in [0, 0.1) is 0 Å². The molecule has 2 aliphatic heterocycles. The molecule has 0 aliphatic carbocycles. The Hall–Kier alpha value is -2.57. The third kappa shape index (κ3) is 4.45. The number of hydrogen-bond acceptors (Lipinski definition) is 5. The molecule has 2 saturated heterocycles. The summed E-state index contributed by atoms with van der Waals surface area (Å²) in [6.07, 6.45) is 0.470. The first-order chi connectivity index (χ1) is 14.2. The minimum absolute atomic E-state index is 0.224. The van der Waals surface area contributed by atoms with Gasteiger partial charge in [-0.25, -0.2) is 4.79 Å². The smallest absolute Gasteiger partial charge is 0.410 e. The van der Waals surface area contributed by atoms with Crippen LogP contribution in [0.2, 0.25) is 0 Å². The predicted molar refractivity (Wildman–Crippen MR) is 113 cm³/mol. The van der Waals surface area contributed by atoms with Crippen LogP contribution in [0.3, 0.4) is 0 Å². The first-order valence-corrected chi connectivity index (χ1v) is 10.4. The topological polar surface area (TPSA) is 68.2 Å². The minimum atomic E-state index is -1.02. The molecule has 1 amide bonds. The second-order valence-corrected chi connectivity index (χ2v) is 9.11. The number of benzene rings is 2. The van der Waals surface area contributed by atoms with Crippen molar-refractivity contribution in [3.8, 4) is 11.5 Å². The number of para-hydroxylation sites is 1. The van der Waals surface area contributed by atoms with Gasteiger partial charge in [-0.05, 0) is 50.6 Å². The van der Waals surface area contributed by atoms with Crippen LogP contribution in [0.15, 0.2) is 54.6 Å². The van der Waals surface area contributed by atoms with Crippen molar-refractivity contribution in [1.82, 2.24) is 4.90 Å². The molecular weight excluding hydrogens is 382 g/mol. The van der Waals surface area contributed by atoms with Crippen LogP contribution in [0.5, 0.6) is 11.5 Å². The van der Waals surface area contributed by atoms with Crippen LogP contribution < -0.4 is 4.74 Å². The van der Waals surface area contributed by atoms with Gasteiger partial charge in [-0.2, -0.15) is 0 Å². The van der Waals surface area contributed by atoms with Gasteiger partial charge in [0.1, 0.15) is 17.1 Å². The van der Waals surface area contributed by atoms with Gasteiger partial charge in [-0.1, -0.05) is 30.3 Å². The van der Waals surface area contributed by atoms with Gasteiger partial charge in [0.25, 0.3) is 0 Å². The van der Waals surface area contributed by atoms with Crippen molar-refractivity contribution in [3.05, 3.63) is 60.2 Å². The van der Waals surface area contributed by atoms with E-state index in [1.807, 2.05) is 75.4 Å². The number of hydrogen-bond donors (Lipinski definition) is 1. The molecule has 0 radical (unpaired) electrons. The molecule has 1 N–H and O–H groups in total. The third-order valence-electron chi connectivity index (χ3n) is 5.53. The van der Waals surface area contributed by atoms with Crippen molar-refractivity contribution in [2.75, 3.05) is 13.2 Å². The van der Waals surface area contributed by atoms with Gasteiger partial charge < -0.3 is 19.3 Å². The third-order valence-corrected chi connectivity index (χ3v) is 5.53.